The van der Waals surface area contributed by atoms with E-state index in [0.29, 0.717) is 12.1 Å². The molecular formula is C33H67N5O4. The molecule has 0 aromatic heterocycles. The third kappa shape index (κ3) is 15.8. The number of amides is 2. The van der Waals surface area contributed by atoms with Crippen molar-refractivity contribution in [1.82, 2.24) is 24.9 Å². The molecule has 42 heavy (non-hydrogen) atoms. The number of nitrogens with zero attached hydrogens (tertiary/aromatic N) is 4. The third-order valence-corrected chi connectivity index (χ3v) is 8.50. The van der Waals surface area contributed by atoms with Crippen LogP contribution >= 0.6 is 0 Å². The lowest BCUT2D eigenvalue weighted by atomic mass is 9.95. The molecule has 0 atom stereocenters. The van der Waals surface area contributed by atoms with Gasteiger partial charge in [-0.2, -0.15) is 0 Å². The fourth-order valence-corrected chi connectivity index (χ4v) is 5.49. The first kappa shape index (κ1) is 38.4. The molecule has 3 saturated heterocycles. The lowest BCUT2D eigenvalue weighted by molar-refractivity contribution is 0.0152. The Balaban J connectivity index is 0.000000325. The van der Waals surface area contributed by atoms with Gasteiger partial charge < -0.3 is 34.4 Å². The zero-order valence-electron chi connectivity index (χ0n) is 29.3. The molecule has 3 aliphatic heterocycles. The molecule has 0 saturated carbocycles. The van der Waals surface area contributed by atoms with Crippen LogP contribution in [0.2, 0.25) is 0 Å². The van der Waals surface area contributed by atoms with Gasteiger partial charge in [0.15, 0.2) is 0 Å². The number of nitrogens with one attached hydrogen (secondary N) is 1. The topological polar surface area (TPSA) is 77.6 Å². The summed E-state index contributed by atoms with van der Waals surface area (Å²) >= 11 is 0. The number of piperidine rings is 3. The molecule has 3 fully saturated rings. The maximum atomic E-state index is 11.9. The Morgan fingerprint density at radius 2 is 1.02 bits per heavy atom. The van der Waals surface area contributed by atoms with Crippen LogP contribution in [0.1, 0.15) is 107 Å². The summed E-state index contributed by atoms with van der Waals surface area (Å²) in [4.78, 5) is 32.1. The fraction of sp³-hybridized carbons (Fsp3) is 0.939. The van der Waals surface area contributed by atoms with E-state index in [4.69, 9.17) is 9.47 Å². The van der Waals surface area contributed by atoms with Gasteiger partial charge in [-0.25, -0.2) is 9.59 Å². The van der Waals surface area contributed by atoms with Crippen LogP contribution in [0.4, 0.5) is 9.59 Å². The van der Waals surface area contributed by atoms with E-state index in [1.165, 1.54) is 38.9 Å². The van der Waals surface area contributed by atoms with Crippen molar-refractivity contribution in [3.05, 3.63) is 0 Å². The average molecular weight is 598 g/mol. The van der Waals surface area contributed by atoms with Gasteiger partial charge in [-0.3, -0.25) is 0 Å². The third-order valence-electron chi connectivity index (χ3n) is 8.50. The lowest BCUT2D eigenvalue weighted by Gasteiger charge is -2.36. The summed E-state index contributed by atoms with van der Waals surface area (Å²) in [5.74, 6) is 1.03. The summed E-state index contributed by atoms with van der Waals surface area (Å²) in [6.45, 7) is 27.3. The van der Waals surface area contributed by atoms with Gasteiger partial charge in [-0.15, -0.1) is 0 Å². The molecule has 0 aromatic rings. The number of rotatable bonds is 5. The quantitative estimate of drug-likeness (QED) is 0.412. The number of carbonyl (C=O) groups is 2. The standard InChI is InChI=1S/C13H26N2O2.C11H22N2O2.C9H19N/c1-6-15-9-7-11(8-10-15)14(5)12(16)17-13(2,3)4;1-11(2,3)15-10(14)13(4)9-5-7-12-8-6-9;1-3-9-5-7-10(4-2)8-6-9/h11H,6-10H2,1-5H3;9,12H,5-8H2,1-4H3;9H,3-8H2,1-2H3. The minimum Gasteiger partial charge on any atom is -0.444 e. The first-order valence-electron chi connectivity index (χ1n) is 16.7. The van der Waals surface area contributed by atoms with Crippen LogP contribution < -0.4 is 5.32 Å². The van der Waals surface area contributed by atoms with E-state index in [0.717, 1.165) is 64.3 Å². The fourth-order valence-electron chi connectivity index (χ4n) is 5.49. The monoisotopic (exact) mass is 598 g/mol. The molecule has 9 heteroatoms. The van der Waals surface area contributed by atoms with Gasteiger partial charge in [0.05, 0.1) is 0 Å². The zero-order valence-corrected chi connectivity index (χ0v) is 29.3. The summed E-state index contributed by atoms with van der Waals surface area (Å²) in [7, 11) is 3.67. The maximum absolute atomic E-state index is 11.9. The average Bonchev–Trinajstić information content (AvgIpc) is 2.95. The minimum atomic E-state index is -0.407. The van der Waals surface area contributed by atoms with E-state index in [1.54, 1.807) is 9.80 Å². The van der Waals surface area contributed by atoms with Crippen molar-refractivity contribution < 1.29 is 19.1 Å². The number of ether oxygens (including phenoxy) is 2. The van der Waals surface area contributed by atoms with Crippen molar-refractivity contribution >= 4 is 12.2 Å². The highest BCUT2D eigenvalue weighted by molar-refractivity contribution is 5.68. The lowest BCUT2D eigenvalue weighted by Crippen LogP contribution is -2.46. The first-order chi connectivity index (χ1) is 19.6. The molecule has 9 nitrogen and oxygen atoms in total. The smallest absolute Gasteiger partial charge is 0.410 e. The predicted molar refractivity (Wildman–Crippen MR) is 174 cm³/mol. The van der Waals surface area contributed by atoms with Crippen LogP contribution in [0.5, 0.6) is 0 Å². The summed E-state index contributed by atoms with van der Waals surface area (Å²) in [6.07, 6.45) is 7.95. The number of hydrogen-bond donors (Lipinski definition) is 1. The highest BCUT2D eigenvalue weighted by Gasteiger charge is 2.28. The molecule has 0 spiro atoms. The van der Waals surface area contributed by atoms with E-state index in [-0.39, 0.29) is 12.2 Å². The van der Waals surface area contributed by atoms with E-state index < -0.39 is 11.2 Å². The van der Waals surface area contributed by atoms with Crippen molar-refractivity contribution in [2.24, 2.45) is 5.92 Å². The number of hydrogen-bond acceptors (Lipinski definition) is 7. The first-order valence-corrected chi connectivity index (χ1v) is 16.7. The second-order valence-electron chi connectivity index (χ2n) is 14.1. The summed E-state index contributed by atoms with van der Waals surface area (Å²) in [5.41, 5.74) is -0.812. The Morgan fingerprint density at radius 1 is 0.667 bits per heavy atom. The van der Waals surface area contributed by atoms with E-state index in [2.05, 4.69) is 35.9 Å². The number of likely N-dealkylation sites (tertiary alicyclic amines) is 2. The van der Waals surface area contributed by atoms with Gasteiger partial charge in [0.25, 0.3) is 0 Å². The van der Waals surface area contributed by atoms with Gasteiger partial charge in [-0.05, 0) is 125 Å². The van der Waals surface area contributed by atoms with E-state index in [1.807, 2.05) is 55.6 Å². The largest absolute Gasteiger partial charge is 0.444 e. The molecule has 0 unspecified atom stereocenters. The van der Waals surface area contributed by atoms with Crippen LogP contribution in [-0.2, 0) is 9.47 Å². The second kappa shape index (κ2) is 18.9. The normalized spacial score (nSPS) is 20.0. The van der Waals surface area contributed by atoms with Crippen molar-refractivity contribution in [3.63, 3.8) is 0 Å². The van der Waals surface area contributed by atoms with Crippen LogP contribution in [0, 0.1) is 5.92 Å². The van der Waals surface area contributed by atoms with Crippen molar-refractivity contribution in [2.45, 2.75) is 131 Å². The Kier molecular flexibility index (Phi) is 17.3. The summed E-state index contributed by atoms with van der Waals surface area (Å²) in [5, 5.41) is 3.28. The van der Waals surface area contributed by atoms with Crippen LogP contribution in [0.25, 0.3) is 0 Å². The molecule has 248 valence electrons. The van der Waals surface area contributed by atoms with Crippen LogP contribution in [0.3, 0.4) is 0 Å². The Hall–Kier alpha value is -1.58. The van der Waals surface area contributed by atoms with Gasteiger partial charge in [0, 0.05) is 39.3 Å². The molecule has 3 rings (SSSR count). The highest BCUT2D eigenvalue weighted by atomic mass is 16.6. The van der Waals surface area contributed by atoms with Gasteiger partial charge in [0.1, 0.15) is 11.2 Å². The molecule has 0 aliphatic carbocycles. The van der Waals surface area contributed by atoms with Gasteiger partial charge >= 0.3 is 12.2 Å². The Labute approximate surface area is 259 Å². The minimum absolute atomic E-state index is 0.201. The molecule has 3 aliphatic rings. The van der Waals surface area contributed by atoms with Crippen molar-refractivity contribution in [1.29, 1.82) is 0 Å². The second-order valence-corrected chi connectivity index (χ2v) is 14.1. The molecule has 0 aromatic carbocycles. The van der Waals surface area contributed by atoms with E-state index in [9.17, 15) is 9.59 Å². The molecular weight excluding hydrogens is 530 g/mol. The van der Waals surface area contributed by atoms with Crippen LogP contribution in [0.15, 0.2) is 0 Å². The molecule has 2 amide bonds. The summed E-state index contributed by atoms with van der Waals surface area (Å²) < 4.78 is 10.7. The zero-order chi connectivity index (χ0) is 31.9. The van der Waals surface area contributed by atoms with Crippen LogP contribution in [-0.4, -0.2) is 122 Å². The maximum Gasteiger partial charge on any atom is 0.410 e. The number of carbonyl (C=O) groups excluding carboxylic acids is 2. The summed E-state index contributed by atoms with van der Waals surface area (Å²) in [6, 6.07) is 0.647. The Morgan fingerprint density at radius 3 is 1.36 bits per heavy atom. The Bertz CT molecular complexity index is 733. The highest BCUT2D eigenvalue weighted by Crippen LogP contribution is 2.20. The molecule has 0 radical (unpaired) electrons. The molecule has 0 bridgehead atoms. The van der Waals surface area contributed by atoms with Gasteiger partial charge in [0.2, 0.25) is 0 Å². The predicted octanol–water partition coefficient (Wildman–Crippen LogP) is 6.07. The van der Waals surface area contributed by atoms with Gasteiger partial charge in [-0.1, -0.05) is 27.2 Å². The molecule has 3 heterocycles. The SMILES string of the molecule is CCC1CCN(CC)CC1.CCN1CCC(N(C)C(=O)OC(C)(C)C)CC1.CN(C(=O)OC(C)(C)C)C1CCNCC1. The van der Waals surface area contributed by atoms with Crippen molar-refractivity contribution in [2.75, 3.05) is 66.5 Å². The van der Waals surface area contributed by atoms with Crippen molar-refractivity contribution in [3.8, 4) is 0 Å². The van der Waals surface area contributed by atoms with E-state index >= 15 is 0 Å². The molecule has 1 N–H and O–H groups in total.